The Labute approximate surface area is 221 Å². The fourth-order valence-corrected chi connectivity index (χ4v) is 5.80. The van der Waals surface area contributed by atoms with Gasteiger partial charge in [0, 0.05) is 39.4 Å². The number of hydrogen-bond donors (Lipinski definition) is 1. The van der Waals surface area contributed by atoms with Crippen LogP contribution in [0.1, 0.15) is 29.1 Å². The van der Waals surface area contributed by atoms with Crippen molar-refractivity contribution in [3.8, 4) is 21.8 Å². The van der Waals surface area contributed by atoms with E-state index in [9.17, 15) is 27.1 Å². The molecule has 196 valence electrons. The SMILES string of the molecule is C[C@@H](c1nc(-c2ccc(-c3nc(C(F)(F)F)cs3)cc2)cs1)[C@](O)(Cn1cncn1)c1ccc(F)cc1F. The van der Waals surface area contributed by atoms with E-state index in [1.54, 1.807) is 36.6 Å². The van der Waals surface area contributed by atoms with Gasteiger partial charge in [-0.2, -0.15) is 18.3 Å². The van der Waals surface area contributed by atoms with E-state index < -0.39 is 35.0 Å². The molecule has 38 heavy (non-hydrogen) atoms. The quantitative estimate of drug-likeness (QED) is 0.229. The maximum absolute atomic E-state index is 14.8. The Morgan fingerprint density at radius 2 is 1.71 bits per heavy atom. The van der Waals surface area contributed by atoms with Gasteiger partial charge < -0.3 is 5.11 Å². The van der Waals surface area contributed by atoms with Crippen molar-refractivity contribution in [1.29, 1.82) is 0 Å². The highest BCUT2D eigenvalue weighted by Crippen LogP contribution is 2.42. The van der Waals surface area contributed by atoms with E-state index >= 15 is 0 Å². The zero-order valence-corrected chi connectivity index (χ0v) is 21.2. The van der Waals surface area contributed by atoms with Crippen LogP contribution in [0.25, 0.3) is 21.8 Å². The van der Waals surface area contributed by atoms with Crippen LogP contribution in [0.15, 0.2) is 65.9 Å². The molecule has 6 nitrogen and oxygen atoms in total. The molecule has 0 aliphatic carbocycles. The Kier molecular flexibility index (Phi) is 6.84. The van der Waals surface area contributed by atoms with Crippen LogP contribution in [0.3, 0.4) is 0 Å². The van der Waals surface area contributed by atoms with Crippen LogP contribution >= 0.6 is 22.7 Å². The first-order valence-electron chi connectivity index (χ1n) is 11.1. The molecular weight excluding hydrogens is 545 g/mol. The number of alkyl halides is 3. The highest BCUT2D eigenvalue weighted by atomic mass is 32.1. The predicted molar refractivity (Wildman–Crippen MR) is 132 cm³/mol. The fourth-order valence-electron chi connectivity index (χ4n) is 4.00. The summed E-state index contributed by atoms with van der Waals surface area (Å²) in [5.74, 6) is -2.40. The van der Waals surface area contributed by atoms with E-state index in [1.165, 1.54) is 34.7 Å². The Hall–Kier alpha value is -3.55. The molecule has 0 amide bonds. The zero-order chi connectivity index (χ0) is 27.1. The lowest BCUT2D eigenvalue weighted by atomic mass is 9.82. The Morgan fingerprint density at radius 3 is 2.34 bits per heavy atom. The normalized spacial score (nSPS) is 14.4. The number of halogens is 5. The Bertz CT molecular complexity index is 1550. The first kappa shape index (κ1) is 26.1. The monoisotopic (exact) mass is 563 g/mol. The topological polar surface area (TPSA) is 76.7 Å². The standard InChI is InChI=1S/C25H18F5N5OS2/c1-14(24(36,11-35-13-31-12-32-35)18-7-6-17(26)8-19(18)27)22-33-20(9-37-22)15-2-4-16(5-3-15)23-34-21(10-38-23)25(28,29)30/h2-10,12-14,36H,11H2,1H3/t14-,24+/m0/s1. The minimum Gasteiger partial charge on any atom is -0.382 e. The average Bonchev–Trinajstić information content (AvgIpc) is 3.65. The van der Waals surface area contributed by atoms with E-state index in [0.29, 0.717) is 27.9 Å². The second-order valence-electron chi connectivity index (χ2n) is 8.55. The molecule has 0 radical (unpaired) electrons. The van der Waals surface area contributed by atoms with Crippen molar-refractivity contribution in [2.45, 2.75) is 31.2 Å². The maximum atomic E-state index is 14.8. The van der Waals surface area contributed by atoms with Gasteiger partial charge in [0.25, 0.3) is 0 Å². The molecular formula is C25H18F5N5OS2. The van der Waals surface area contributed by atoms with E-state index in [4.69, 9.17) is 0 Å². The van der Waals surface area contributed by atoms with Crippen LogP contribution in [0, 0.1) is 11.6 Å². The molecule has 2 aromatic carbocycles. The summed E-state index contributed by atoms with van der Waals surface area (Å²) < 4.78 is 68.4. The minimum atomic E-state index is -4.50. The molecule has 5 rings (SSSR count). The maximum Gasteiger partial charge on any atom is 0.434 e. The summed E-state index contributed by atoms with van der Waals surface area (Å²) in [6.07, 6.45) is -1.84. The number of aliphatic hydroxyl groups is 1. The summed E-state index contributed by atoms with van der Waals surface area (Å²) in [7, 11) is 0. The molecule has 0 aliphatic rings. The van der Waals surface area contributed by atoms with Gasteiger partial charge in [0.2, 0.25) is 0 Å². The van der Waals surface area contributed by atoms with Crippen molar-refractivity contribution < 1.29 is 27.1 Å². The van der Waals surface area contributed by atoms with Crippen molar-refractivity contribution in [2.75, 3.05) is 0 Å². The summed E-state index contributed by atoms with van der Waals surface area (Å²) in [6.45, 7) is 1.53. The van der Waals surface area contributed by atoms with E-state index in [-0.39, 0.29) is 17.1 Å². The molecule has 0 spiro atoms. The van der Waals surface area contributed by atoms with Crippen LogP contribution in [0.5, 0.6) is 0 Å². The molecule has 3 heterocycles. The molecule has 0 saturated heterocycles. The van der Waals surface area contributed by atoms with Crippen LogP contribution < -0.4 is 0 Å². The summed E-state index contributed by atoms with van der Waals surface area (Å²) >= 11 is 2.16. The Balaban J connectivity index is 1.43. The lowest BCUT2D eigenvalue weighted by molar-refractivity contribution is -0.140. The highest BCUT2D eigenvalue weighted by molar-refractivity contribution is 7.13. The first-order valence-corrected chi connectivity index (χ1v) is 12.9. The zero-order valence-electron chi connectivity index (χ0n) is 19.5. The second-order valence-corrected chi connectivity index (χ2v) is 10.3. The summed E-state index contributed by atoms with van der Waals surface area (Å²) in [5.41, 5.74) is -1.08. The number of rotatable bonds is 7. The van der Waals surface area contributed by atoms with Crippen LogP contribution in [-0.2, 0) is 18.3 Å². The molecule has 0 bridgehead atoms. The van der Waals surface area contributed by atoms with Crippen molar-refractivity contribution in [3.63, 3.8) is 0 Å². The van der Waals surface area contributed by atoms with Gasteiger partial charge >= 0.3 is 6.18 Å². The number of aromatic nitrogens is 5. The van der Waals surface area contributed by atoms with Crippen LogP contribution in [-0.4, -0.2) is 29.8 Å². The summed E-state index contributed by atoms with van der Waals surface area (Å²) in [6, 6.07) is 9.74. The van der Waals surface area contributed by atoms with Gasteiger partial charge in [0.05, 0.1) is 17.2 Å². The number of benzene rings is 2. The minimum absolute atomic E-state index is 0.107. The lowest BCUT2D eigenvalue weighted by Gasteiger charge is -2.33. The third-order valence-corrected chi connectivity index (χ3v) is 8.02. The molecule has 5 aromatic rings. The Morgan fingerprint density at radius 1 is 0.974 bits per heavy atom. The lowest BCUT2D eigenvalue weighted by Crippen LogP contribution is -2.38. The first-order chi connectivity index (χ1) is 18.0. The number of nitrogens with zero attached hydrogens (tertiary/aromatic N) is 5. The molecule has 2 atom stereocenters. The molecule has 0 aliphatic heterocycles. The van der Waals surface area contributed by atoms with Crippen molar-refractivity contribution >= 4 is 22.7 Å². The largest absolute Gasteiger partial charge is 0.434 e. The molecule has 0 fully saturated rings. The summed E-state index contributed by atoms with van der Waals surface area (Å²) in [4.78, 5) is 12.2. The second kappa shape index (κ2) is 9.97. The van der Waals surface area contributed by atoms with Gasteiger partial charge in [-0.05, 0) is 6.07 Å². The molecule has 1 N–H and O–H groups in total. The van der Waals surface area contributed by atoms with Gasteiger partial charge in [0.1, 0.15) is 34.9 Å². The van der Waals surface area contributed by atoms with Gasteiger partial charge in [-0.25, -0.2) is 28.4 Å². The molecule has 3 aromatic heterocycles. The van der Waals surface area contributed by atoms with Crippen LogP contribution in [0.2, 0.25) is 0 Å². The number of thiazole rings is 2. The average molecular weight is 564 g/mol. The van der Waals surface area contributed by atoms with Gasteiger partial charge in [-0.1, -0.05) is 37.3 Å². The highest BCUT2D eigenvalue weighted by Gasteiger charge is 2.41. The molecule has 13 heteroatoms. The van der Waals surface area contributed by atoms with Crippen molar-refractivity contribution in [2.24, 2.45) is 0 Å². The summed E-state index contributed by atoms with van der Waals surface area (Å²) in [5, 5.41) is 19.3. The smallest absolute Gasteiger partial charge is 0.382 e. The van der Waals surface area contributed by atoms with Gasteiger partial charge in [0.15, 0.2) is 5.69 Å². The third-order valence-electron chi connectivity index (χ3n) is 6.10. The molecule has 0 saturated carbocycles. The van der Waals surface area contributed by atoms with Gasteiger partial charge in [-0.3, -0.25) is 0 Å². The number of hydrogen-bond acceptors (Lipinski definition) is 7. The van der Waals surface area contributed by atoms with E-state index in [0.717, 1.165) is 22.8 Å². The van der Waals surface area contributed by atoms with E-state index in [2.05, 4.69) is 20.1 Å². The van der Waals surface area contributed by atoms with Crippen LogP contribution in [0.4, 0.5) is 22.0 Å². The van der Waals surface area contributed by atoms with Crippen molar-refractivity contribution in [1.82, 2.24) is 24.7 Å². The molecule has 0 unspecified atom stereocenters. The van der Waals surface area contributed by atoms with Crippen molar-refractivity contribution in [3.05, 3.63) is 93.8 Å². The van der Waals surface area contributed by atoms with E-state index in [1.807, 2.05) is 0 Å². The van der Waals surface area contributed by atoms with Gasteiger partial charge in [-0.15, -0.1) is 22.7 Å². The predicted octanol–water partition coefficient (Wildman–Crippen LogP) is 6.51. The fraction of sp³-hybridized carbons (Fsp3) is 0.200. The third kappa shape index (κ3) is 5.08.